The molecular formula is C26H31N3O. The largest absolute Gasteiger partial charge is 0.318 e. The molecule has 0 unspecified atom stereocenters. The summed E-state index contributed by atoms with van der Waals surface area (Å²) in [6.07, 6.45) is 2.03. The highest BCUT2D eigenvalue weighted by Gasteiger charge is 2.13. The molecule has 0 spiro atoms. The van der Waals surface area contributed by atoms with Gasteiger partial charge in [-0.15, -0.1) is 0 Å². The highest BCUT2D eigenvalue weighted by Crippen LogP contribution is 2.22. The van der Waals surface area contributed by atoms with Crippen LogP contribution in [0, 0.1) is 20.8 Å². The third-order valence-electron chi connectivity index (χ3n) is 5.31. The predicted octanol–water partition coefficient (Wildman–Crippen LogP) is 5.39. The van der Waals surface area contributed by atoms with Gasteiger partial charge in [-0.1, -0.05) is 57.2 Å². The van der Waals surface area contributed by atoms with Crippen LogP contribution in [0.25, 0.3) is 5.69 Å². The Morgan fingerprint density at radius 2 is 1.73 bits per heavy atom. The van der Waals surface area contributed by atoms with E-state index in [1.807, 2.05) is 12.1 Å². The smallest absolute Gasteiger partial charge is 0.244 e. The Hall–Kier alpha value is -3.14. The summed E-state index contributed by atoms with van der Waals surface area (Å²) in [4.78, 5) is 12.3. The van der Waals surface area contributed by atoms with Crippen LogP contribution in [-0.4, -0.2) is 16.7 Å². The van der Waals surface area contributed by atoms with Gasteiger partial charge in [0.1, 0.15) is 0 Å². The molecule has 1 aromatic heterocycles. The summed E-state index contributed by atoms with van der Waals surface area (Å²) in [5.41, 5.74) is 10.6. The van der Waals surface area contributed by atoms with Crippen molar-refractivity contribution >= 4 is 12.1 Å². The van der Waals surface area contributed by atoms with Crippen LogP contribution >= 0.6 is 0 Å². The van der Waals surface area contributed by atoms with Crippen LogP contribution < -0.4 is 5.43 Å². The maximum absolute atomic E-state index is 12.3. The molecule has 0 saturated heterocycles. The quantitative estimate of drug-likeness (QED) is 0.452. The molecule has 3 aromatic rings. The van der Waals surface area contributed by atoms with Crippen LogP contribution in [0.2, 0.25) is 0 Å². The standard InChI is InChI=1S/C26H31N3O/c1-18-8-7-9-24(14-18)29-19(2)15-22(20(29)3)17-27-28-25(30)16-21-10-12-23(13-11-21)26(4,5)6/h7-15,17H,16H2,1-6H3,(H,28,30)/b27-17-. The summed E-state index contributed by atoms with van der Waals surface area (Å²) in [6, 6.07) is 18.7. The number of carbonyl (C=O) groups is 1. The molecule has 4 nitrogen and oxygen atoms in total. The van der Waals surface area contributed by atoms with Crippen molar-refractivity contribution in [2.24, 2.45) is 5.10 Å². The molecule has 1 heterocycles. The van der Waals surface area contributed by atoms with Gasteiger partial charge in [-0.05, 0) is 61.1 Å². The molecule has 2 aromatic carbocycles. The molecular weight excluding hydrogens is 370 g/mol. The molecule has 1 amide bonds. The summed E-state index contributed by atoms with van der Waals surface area (Å²) in [7, 11) is 0. The molecule has 0 bridgehead atoms. The Balaban J connectivity index is 1.65. The number of hydrogen-bond acceptors (Lipinski definition) is 2. The second kappa shape index (κ2) is 8.70. The summed E-state index contributed by atoms with van der Waals surface area (Å²) >= 11 is 0. The average Bonchev–Trinajstić information content (AvgIpc) is 2.95. The van der Waals surface area contributed by atoms with E-state index in [2.05, 4.69) is 99.1 Å². The van der Waals surface area contributed by atoms with Crippen LogP contribution in [0.3, 0.4) is 0 Å². The fraction of sp³-hybridized carbons (Fsp3) is 0.308. The molecule has 0 atom stereocenters. The van der Waals surface area contributed by atoms with E-state index in [4.69, 9.17) is 0 Å². The summed E-state index contributed by atoms with van der Waals surface area (Å²) in [6.45, 7) is 12.8. The van der Waals surface area contributed by atoms with E-state index in [0.29, 0.717) is 6.42 Å². The zero-order chi connectivity index (χ0) is 21.9. The maximum atomic E-state index is 12.3. The molecule has 30 heavy (non-hydrogen) atoms. The Morgan fingerprint density at radius 3 is 2.37 bits per heavy atom. The molecule has 156 valence electrons. The molecule has 0 aliphatic carbocycles. The van der Waals surface area contributed by atoms with Gasteiger partial charge >= 0.3 is 0 Å². The lowest BCUT2D eigenvalue weighted by Crippen LogP contribution is -2.20. The minimum absolute atomic E-state index is 0.107. The van der Waals surface area contributed by atoms with E-state index in [1.54, 1.807) is 6.21 Å². The van der Waals surface area contributed by atoms with Crippen molar-refractivity contribution in [2.75, 3.05) is 0 Å². The molecule has 1 N–H and O–H groups in total. The first-order valence-corrected chi connectivity index (χ1v) is 10.3. The number of nitrogens with zero attached hydrogens (tertiary/aromatic N) is 2. The van der Waals surface area contributed by atoms with Crippen molar-refractivity contribution < 1.29 is 4.79 Å². The van der Waals surface area contributed by atoms with Crippen molar-refractivity contribution in [1.29, 1.82) is 0 Å². The Morgan fingerprint density at radius 1 is 1.03 bits per heavy atom. The van der Waals surface area contributed by atoms with E-state index in [1.165, 1.54) is 11.1 Å². The SMILES string of the molecule is Cc1cccc(-n2c(C)cc(/C=N\NC(=O)Cc3ccc(C(C)(C)C)cc3)c2C)c1. The third-order valence-corrected chi connectivity index (χ3v) is 5.31. The molecule has 4 heteroatoms. The van der Waals surface area contributed by atoms with Crippen LogP contribution in [0.15, 0.2) is 59.7 Å². The van der Waals surface area contributed by atoms with Crippen molar-refractivity contribution in [3.05, 3.63) is 88.2 Å². The second-order valence-electron chi connectivity index (χ2n) is 8.92. The first kappa shape index (κ1) is 21.6. The molecule has 0 aliphatic heterocycles. The monoisotopic (exact) mass is 401 g/mol. The van der Waals surface area contributed by atoms with Crippen LogP contribution in [-0.2, 0) is 16.6 Å². The van der Waals surface area contributed by atoms with Gasteiger partial charge in [-0.25, -0.2) is 5.43 Å². The lowest BCUT2D eigenvalue weighted by molar-refractivity contribution is -0.120. The first-order chi connectivity index (χ1) is 14.1. The number of nitrogens with one attached hydrogen (secondary N) is 1. The van der Waals surface area contributed by atoms with Gasteiger partial charge < -0.3 is 4.57 Å². The van der Waals surface area contributed by atoms with Gasteiger partial charge in [0.25, 0.3) is 0 Å². The Kier molecular flexibility index (Phi) is 6.25. The number of aromatic nitrogens is 1. The van der Waals surface area contributed by atoms with Gasteiger partial charge in [-0.2, -0.15) is 5.10 Å². The third kappa shape index (κ3) is 5.07. The zero-order valence-electron chi connectivity index (χ0n) is 18.8. The van der Waals surface area contributed by atoms with Crippen LogP contribution in [0.1, 0.15) is 54.4 Å². The molecule has 0 fully saturated rings. The van der Waals surface area contributed by atoms with Crippen molar-refractivity contribution in [1.82, 2.24) is 9.99 Å². The molecule has 0 radical (unpaired) electrons. The Bertz CT molecular complexity index is 1070. The fourth-order valence-electron chi connectivity index (χ4n) is 3.60. The van der Waals surface area contributed by atoms with Gasteiger partial charge in [-0.3, -0.25) is 4.79 Å². The van der Waals surface area contributed by atoms with Crippen LogP contribution in [0.4, 0.5) is 0 Å². The lowest BCUT2D eigenvalue weighted by Gasteiger charge is -2.19. The Labute approximate surface area is 179 Å². The number of hydrazone groups is 1. The highest BCUT2D eigenvalue weighted by molar-refractivity contribution is 5.84. The summed E-state index contributed by atoms with van der Waals surface area (Å²) < 4.78 is 2.20. The van der Waals surface area contributed by atoms with Gasteiger partial charge in [0, 0.05) is 22.6 Å². The van der Waals surface area contributed by atoms with E-state index < -0.39 is 0 Å². The lowest BCUT2D eigenvalue weighted by atomic mass is 9.86. The van der Waals surface area contributed by atoms with Crippen molar-refractivity contribution in [3.63, 3.8) is 0 Å². The maximum Gasteiger partial charge on any atom is 0.244 e. The topological polar surface area (TPSA) is 46.4 Å². The highest BCUT2D eigenvalue weighted by atomic mass is 16.2. The van der Waals surface area contributed by atoms with Gasteiger partial charge in [0.15, 0.2) is 0 Å². The summed E-state index contributed by atoms with van der Waals surface area (Å²) in [5.74, 6) is -0.123. The van der Waals surface area contributed by atoms with Crippen LogP contribution in [0.5, 0.6) is 0 Å². The average molecular weight is 402 g/mol. The minimum Gasteiger partial charge on any atom is -0.318 e. The van der Waals surface area contributed by atoms with Gasteiger partial charge in [0.2, 0.25) is 5.91 Å². The predicted molar refractivity (Wildman–Crippen MR) is 125 cm³/mol. The van der Waals surface area contributed by atoms with Gasteiger partial charge in [0.05, 0.1) is 12.6 Å². The van der Waals surface area contributed by atoms with E-state index in [9.17, 15) is 4.79 Å². The summed E-state index contributed by atoms with van der Waals surface area (Å²) in [5, 5.41) is 4.18. The van der Waals surface area contributed by atoms with E-state index in [0.717, 1.165) is 28.2 Å². The minimum atomic E-state index is -0.123. The number of benzene rings is 2. The molecule has 0 aliphatic rings. The molecule has 0 saturated carbocycles. The van der Waals surface area contributed by atoms with E-state index in [-0.39, 0.29) is 11.3 Å². The molecule has 3 rings (SSSR count). The number of carbonyl (C=O) groups excluding carboxylic acids is 1. The zero-order valence-corrected chi connectivity index (χ0v) is 18.8. The number of amides is 1. The normalized spacial score (nSPS) is 11.8. The number of rotatable bonds is 5. The van der Waals surface area contributed by atoms with E-state index >= 15 is 0 Å². The number of hydrogen-bond donors (Lipinski definition) is 1. The van der Waals surface area contributed by atoms with Crippen molar-refractivity contribution in [3.8, 4) is 5.69 Å². The second-order valence-corrected chi connectivity index (χ2v) is 8.92. The fourth-order valence-corrected chi connectivity index (χ4v) is 3.60. The first-order valence-electron chi connectivity index (χ1n) is 10.3. The number of aryl methyl sites for hydroxylation is 2. The van der Waals surface area contributed by atoms with Crippen molar-refractivity contribution in [2.45, 2.75) is 53.4 Å².